The lowest BCUT2D eigenvalue weighted by Gasteiger charge is -2.24. The maximum absolute atomic E-state index is 14.1. The van der Waals surface area contributed by atoms with Crippen LogP contribution in [0.25, 0.3) is 11.8 Å². The molecule has 2 aromatic carbocycles. The van der Waals surface area contributed by atoms with Crippen molar-refractivity contribution < 1.29 is 28.5 Å². The first kappa shape index (κ1) is 28.2. The molecule has 0 amide bonds. The van der Waals surface area contributed by atoms with E-state index in [1.807, 2.05) is 44.2 Å². The molecule has 11 heteroatoms. The average Bonchev–Trinajstić information content (AvgIpc) is 3.67. The zero-order valence-corrected chi connectivity index (χ0v) is 25.1. The summed E-state index contributed by atoms with van der Waals surface area (Å²) in [4.78, 5) is 44.3. The van der Waals surface area contributed by atoms with Gasteiger partial charge in [0.05, 0.1) is 41.1 Å². The van der Waals surface area contributed by atoms with Crippen molar-refractivity contribution in [3.63, 3.8) is 0 Å². The minimum atomic E-state index is -0.757. The van der Waals surface area contributed by atoms with E-state index in [9.17, 15) is 14.4 Å². The molecule has 1 atom stereocenters. The lowest BCUT2D eigenvalue weighted by Crippen LogP contribution is -2.39. The van der Waals surface area contributed by atoms with E-state index in [1.165, 1.54) is 18.4 Å². The van der Waals surface area contributed by atoms with Gasteiger partial charge in [-0.3, -0.25) is 9.36 Å². The van der Waals surface area contributed by atoms with Crippen molar-refractivity contribution in [2.24, 2.45) is 4.99 Å². The second kappa shape index (κ2) is 11.1. The summed E-state index contributed by atoms with van der Waals surface area (Å²) in [5, 5.41) is 0. The van der Waals surface area contributed by atoms with Gasteiger partial charge in [0.25, 0.3) is 5.56 Å². The number of rotatable bonds is 6. The van der Waals surface area contributed by atoms with E-state index >= 15 is 0 Å². The molecule has 2 aliphatic rings. The standard InChI is InChI=1S/C32H29N3O7S/c1-6-40-31(38)27-18(3)33-32-35(28(27)21-9-12-24-25(14-21)42-16-41-24)29(36)26(43-32)15-22-13-17(2)34(19(22)4)23-10-7-20(8-11-23)30(37)39-5/h7-15,28H,6,16H2,1-5H3/b26-15+/t28-/m1/s1. The predicted molar refractivity (Wildman–Crippen MR) is 160 cm³/mol. The van der Waals surface area contributed by atoms with Crippen LogP contribution in [0.5, 0.6) is 11.5 Å². The molecule has 0 N–H and O–H groups in total. The number of aromatic nitrogens is 2. The Labute approximate surface area is 250 Å². The molecular weight excluding hydrogens is 570 g/mol. The van der Waals surface area contributed by atoms with Crippen molar-refractivity contribution in [2.45, 2.75) is 33.7 Å². The van der Waals surface area contributed by atoms with Crippen molar-refractivity contribution >= 4 is 29.4 Å². The molecule has 0 saturated heterocycles. The highest BCUT2D eigenvalue weighted by molar-refractivity contribution is 7.07. The molecule has 2 aliphatic heterocycles. The molecule has 4 heterocycles. The molecule has 0 spiro atoms. The number of benzene rings is 2. The Balaban J connectivity index is 1.47. The first-order chi connectivity index (χ1) is 20.7. The van der Waals surface area contributed by atoms with Crippen molar-refractivity contribution in [1.29, 1.82) is 0 Å². The molecule has 10 nitrogen and oxygen atoms in total. The Morgan fingerprint density at radius 2 is 1.79 bits per heavy atom. The number of esters is 2. The molecule has 0 aliphatic carbocycles. The quantitative estimate of drug-likeness (QED) is 0.311. The lowest BCUT2D eigenvalue weighted by atomic mass is 9.95. The molecule has 0 bridgehead atoms. The summed E-state index contributed by atoms with van der Waals surface area (Å²) in [5.74, 6) is 0.223. The summed E-state index contributed by atoms with van der Waals surface area (Å²) >= 11 is 1.26. The topological polar surface area (TPSA) is 110 Å². The largest absolute Gasteiger partial charge is 0.465 e. The van der Waals surface area contributed by atoms with Gasteiger partial charge in [0.1, 0.15) is 0 Å². The van der Waals surface area contributed by atoms with Crippen molar-refractivity contribution in [1.82, 2.24) is 9.13 Å². The van der Waals surface area contributed by atoms with Gasteiger partial charge >= 0.3 is 11.9 Å². The minimum absolute atomic E-state index is 0.106. The van der Waals surface area contributed by atoms with E-state index in [1.54, 1.807) is 42.7 Å². The summed E-state index contributed by atoms with van der Waals surface area (Å²) in [5.41, 5.74) is 5.28. The van der Waals surface area contributed by atoms with Crippen LogP contribution < -0.4 is 24.4 Å². The van der Waals surface area contributed by atoms with E-state index < -0.39 is 18.0 Å². The van der Waals surface area contributed by atoms with Gasteiger partial charge < -0.3 is 23.5 Å². The van der Waals surface area contributed by atoms with Gasteiger partial charge in [-0.25, -0.2) is 14.6 Å². The van der Waals surface area contributed by atoms with Crippen LogP contribution in [0.4, 0.5) is 0 Å². The number of fused-ring (bicyclic) bond motifs is 2. The molecular formula is C32H29N3O7S. The number of allylic oxidation sites excluding steroid dienone is 1. The number of carbonyl (C=O) groups excluding carboxylic acids is 2. The third-order valence-corrected chi connectivity index (χ3v) is 8.52. The number of nitrogens with zero attached hydrogens (tertiary/aromatic N) is 3. The van der Waals surface area contributed by atoms with Gasteiger partial charge in [0.2, 0.25) is 6.79 Å². The fourth-order valence-corrected chi connectivity index (χ4v) is 6.56. The summed E-state index contributed by atoms with van der Waals surface area (Å²) in [6, 6.07) is 13.8. The van der Waals surface area contributed by atoms with Crippen LogP contribution in [0, 0.1) is 13.8 Å². The van der Waals surface area contributed by atoms with Crippen LogP contribution in [-0.2, 0) is 14.3 Å². The highest BCUT2D eigenvalue weighted by Gasteiger charge is 2.34. The molecule has 0 radical (unpaired) electrons. The normalized spacial score (nSPS) is 15.7. The Bertz CT molecular complexity index is 2000. The van der Waals surface area contributed by atoms with Crippen molar-refractivity contribution in [3.8, 4) is 17.2 Å². The maximum atomic E-state index is 14.1. The number of methoxy groups -OCH3 is 1. The van der Waals surface area contributed by atoms with E-state index in [0.717, 1.165) is 22.6 Å². The highest BCUT2D eigenvalue weighted by atomic mass is 32.1. The Hall–Kier alpha value is -4.90. The monoisotopic (exact) mass is 599 g/mol. The van der Waals surface area contributed by atoms with Gasteiger partial charge in [-0.05, 0) is 87.4 Å². The molecule has 6 rings (SSSR count). The molecule has 2 aromatic heterocycles. The Morgan fingerprint density at radius 1 is 1.05 bits per heavy atom. The maximum Gasteiger partial charge on any atom is 0.338 e. The Morgan fingerprint density at radius 3 is 2.51 bits per heavy atom. The van der Waals surface area contributed by atoms with Crippen LogP contribution >= 0.6 is 11.3 Å². The minimum Gasteiger partial charge on any atom is -0.465 e. The van der Waals surface area contributed by atoms with Crippen LogP contribution in [0.3, 0.4) is 0 Å². The third kappa shape index (κ3) is 4.85. The van der Waals surface area contributed by atoms with Crippen LogP contribution in [0.1, 0.15) is 52.8 Å². The summed E-state index contributed by atoms with van der Waals surface area (Å²) in [7, 11) is 1.35. The fourth-order valence-electron chi connectivity index (χ4n) is 5.53. The first-order valence-electron chi connectivity index (χ1n) is 13.7. The fraction of sp³-hybridized carbons (Fsp3) is 0.250. The SMILES string of the molecule is CCOC(=O)C1=C(C)N=c2s/c(=C/c3cc(C)n(-c4ccc(C(=O)OC)cc4)c3C)c(=O)n2[C@@H]1c1ccc2c(c1)OCO2. The zero-order chi connectivity index (χ0) is 30.4. The number of hydrogen-bond donors (Lipinski definition) is 0. The summed E-state index contributed by atoms with van der Waals surface area (Å²) < 4.78 is 25.4. The van der Waals surface area contributed by atoms with Gasteiger partial charge in [-0.1, -0.05) is 17.4 Å². The van der Waals surface area contributed by atoms with Crippen LogP contribution in [-0.4, -0.2) is 41.6 Å². The van der Waals surface area contributed by atoms with Gasteiger partial charge in [-0.15, -0.1) is 0 Å². The van der Waals surface area contributed by atoms with Crippen molar-refractivity contribution in [2.75, 3.05) is 20.5 Å². The lowest BCUT2D eigenvalue weighted by molar-refractivity contribution is -0.139. The first-order valence-corrected chi connectivity index (χ1v) is 14.5. The molecule has 0 fully saturated rings. The average molecular weight is 600 g/mol. The Kier molecular flexibility index (Phi) is 7.26. The number of aryl methyl sites for hydroxylation is 1. The molecule has 220 valence electrons. The third-order valence-electron chi connectivity index (χ3n) is 7.53. The zero-order valence-electron chi connectivity index (χ0n) is 24.3. The van der Waals surface area contributed by atoms with Gasteiger partial charge in [0.15, 0.2) is 16.3 Å². The van der Waals surface area contributed by atoms with Crippen LogP contribution in [0.15, 0.2) is 69.6 Å². The second-order valence-electron chi connectivity index (χ2n) is 10.1. The number of ether oxygens (including phenoxy) is 4. The van der Waals surface area contributed by atoms with E-state index in [4.69, 9.17) is 18.9 Å². The van der Waals surface area contributed by atoms with Crippen molar-refractivity contribution in [3.05, 3.63) is 108 Å². The molecule has 0 saturated carbocycles. The smallest absolute Gasteiger partial charge is 0.338 e. The number of hydrogen-bond acceptors (Lipinski definition) is 9. The van der Waals surface area contributed by atoms with E-state index in [0.29, 0.717) is 43.2 Å². The highest BCUT2D eigenvalue weighted by Crippen LogP contribution is 2.38. The predicted octanol–water partition coefficient (Wildman–Crippen LogP) is 3.72. The summed E-state index contributed by atoms with van der Waals surface area (Å²) in [6.45, 7) is 7.74. The summed E-state index contributed by atoms with van der Waals surface area (Å²) in [6.07, 6.45) is 1.85. The molecule has 43 heavy (non-hydrogen) atoms. The van der Waals surface area contributed by atoms with Gasteiger partial charge in [-0.2, -0.15) is 0 Å². The van der Waals surface area contributed by atoms with E-state index in [2.05, 4.69) is 9.56 Å². The second-order valence-corrected chi connectivity index (χ2v) is 11.1. The number of carbonyl (C=O) groups is 2. The van der Waals surface area contributed by atoms with Gasteiger partial charge in [0, 0.05) is 17.1 Å². The van der Waals surface area contributed by atoms with E-state index in [-0.39, 0.29) is 19.0 Å². The molecule has 4 aromatic rings. The molecule has 0 unspecified atom stereocenters. The number of thiazole rings is 1. The van der Waals surface area contributed by atoms with Crippen LogP contribution in [0.2, 0.25) is 0 Å².